The maximum absolute atomic E-state index is 12.1. The largest absolute Gasteiger partial charge is 0.348 e. The number of nitro benzene ring substituents is 1. The molecule has 1 aromatic rings. The highest BCUT2D eigenvalue weighted by atomic mass is 35.5. The van der Waals surface area contributed by atoms with Crippen LogP contribution < -0.4 is 10.6 Å². The van der Waals surface area contributed by atoms with Crippen LogP contribution in [0.4, 0.5) is 5.69 Å². The fraction of sp³-hybridized carbons (Fsp3) is 0.357. The normalized spacial score (nSPS) is 13.9. The SMILES string of the molecule is Cc1cc([N+](=O)[O-])ccc1C(=O)NCC1=CCNCC1.Cl. The molecular formula is C14H18ClN3O3. The Kier molecular flexibility index (Phi) is 6.33. The quantitative estimate of drug-likeness (QED) is 0.506. The molecule has 0 unspecified atom stereocenters. The first kappa shape index (κ1) is 17.1. The maximum Gasteiger partial charge on any atom is 0.269 e. The molecule has 2 N–H and O–H groups in total. The van der Waals surface area contributed by atoms with E-state index >= 15 is 0 Å². The topological polar surface area (TPSA) is 84.3 Å². The van der Waals surface area contributed by atoms with E-state index in [-0.39, 0.29) is 24.0 Å². The number of carbonyl (C=O) groups excluding carboxylic acids is 1. The summed E-state index contributed by atoms with van der Waals surface area (Å²) in [6.45, 7) is 3.99. The zero-order chi connectivity index (χ0) is 14.5. The number of aryl methyl sites for hydroxylation is 1. The summed E-state index contributed by atoms with van der Waals surface area (Å²) in [5.74, 6) is -0.197. The van der Waals surface area contributed by atoms with Gasteiger partial charge in [-0.25, -0.2) is 0 Å². The van der Waals surface area contributed by atoms with Crippen molar-refractivity contribution >= 4 is 24.0 Å². The molecule has 1 heterocycles. The van der Waals surface area contributed by atoms with Gasteiger partial charge in [-0.2, -0.15) is 0 Å². The van der Waals surface area contributed by atoms with E-state index in [1.54, 1.807) is 6.92 Å². The first-order chi connectivity index (χ1) is 9.58. The van der Waals surface area contributed by atoms with Crippen LogP contribution in [0.1, 0.15) is 22.3 Å². The number of nitrogens with zero attached hydrogens (tertiary/aromatic N) is 1. The van der Waals surface area contributed by atoms with Crippen molar-refractivity contribution in [1.29, 1.82) is 0 Å². The Morgan fingerprint density at radius 3 is 2.81 bits per heavy atom. The molecular weight excluding hydrogens is 294 g/mol. The first-order valence-corrected chi connectivity index (χ1v) is 6.50. The van der Waals surface area contributed by atoms with Gasteiger partial charge in [-0.3, -0.25) is 14.9 Å². The number of hydrogen-bond donors (Lipinski definition) is 2. The van der Waals surface area contributed by atoms with Gasteiger partial charge in [-0.15, -0.1) is 12.4 Å². The summed E-state index contributed by atoms with van der Waals surface area (Å²) in [4.78, 5) is 22.3. The van der Waals surface area contributed by atoms with Crippen LogP contribution in [0.2, 0.25) is 0 Å². The lowest BCUT2D eigenvalue weighted by molar-refractivity contribution is -0.384. The predicted octanol–water partition coefficient (Wildman–Crippen LogP) is 1.97. The molecule has 0 aromatic heterocycles. The summed E-state index contributed by atoms with van der Waals surface area (Å²) >= 11 is 0. The van der Waals surface area contributed by atoms with Gasteiger partial charge in [-0.05, 0) is 31.5 Å². The lowest BCUT2D eigenvalue weighted by atomic mass is 10.1. The van der Waals surface area contributed by atoms with Crippen LogP contribution in [0, 0.1) is 17.0 Å². The fourth-order valence-corrected chi connectivity index (χ4v) is 2.14. The van der Waals surface area contributed by atoms with Gasteiger partial charge in [0.1, 0.15) is 0 Å². The number of nitro groups is 1. The third-order valence-electron chi connectivity index (χ3n) is 3.30. The molecule has 0 aliphatic carbocycles. The second-order valence-electron chi connectivity index (χ2n) is 4.76. The van der Waals surface area contributed by atoms with Crippen molar-refractivity contribution in [2.45, 2.75) is 13.3 Å². The average molecular weight is 312 g/mol. The Morgan fingerprint density at radius 2 is 2.24 bits per heavy atom. The third kappa shape index (κ3) is 4.54. The molecule has 0 fully saturated rings. The van der Waals surface area contributed by atoms with Crippen LogP contribution in [0.3, 0.4) is 0 Å². The van der Waals surface area contributed by atoms with E-state index in [9.17, 15) is 14.9 Å². The summed E-state index contributed by atoms with van der Waals surface area (Å²) in [5.41, 5.74) is 2.29. The molecule has 21 heavy (non-hydrogen) atoms. The smallest absolute Gasteiger partial charge is 0.269 e. The Bertz CT molecular complexity index is 573. The predicted molar refractivity (Wildman–Crippen MR) is 83.0 cm³/mol. The minimum Gasteiger partial charge on any atom is -0.348 e. The summed E-state index contributed by atoms with van der Waals surface area (Å²) < 4.78 is 0. The Morgan fingerprint density at radius 1 is 1.48 bits per heavy atom. The molecule has 1 aliphatic heterocycles. The second kappa shape index (κ2) is 7.75. The molecule has 0 spiro atoms. The fourth-order valence-electron chi connectivity index (χ4n) is 2.14. The van der Waals surface area contributed by atoms with E-state index in [0.29, 0.717) is 17.7 Å². The number of non-ortho nitro benzene ring substituents is 1. The molecule has 0 saturated carbocycles. The monoisotopic (exact) mass is 311 g/mol. The van der Waals surface area contributed by atoms with Crippen molar-refractivity contribution in [3.63, 3.8) is 0 Å². The summed E-state index contributed by atoms with van der Waals surface area (Å²) in [6.07, 6.45) is 3.01. The van der Waals surface area contributed by atoms with Gasteiger partial charge < -0.3 is 10.6 Å². The van der Waals surface area contributed by atoms with Crippen LogP contribution in [0.5, 0.6) is 0 Å². The van der Waals surface area contributed by atoms with E-state index in [1.807, 2.05) is 0 Å². The number of benzene rings is 1. The third-order valence-corrected chi connectivity index (χ3v) is 3.30. The lowest BCUT2D eigenvalue weighted by Crippen LogP contribution is -2.30. The molecule has 1 aliphatic rings. The number of rotatable bonds is 4. The highest BCUT2D eigenvalue weighted by Gasteiger charge is 2.13. The van der Waals surface area contributed by atoms with Crippen molar-refractivity contribution in [1.82, 2.24) is 10.6 Å². The highest BCUT2D eigenvalue weighted by molar-refractivity contribution is 5.96. The highest BCUT2D eigenvalue weighted by Crippen LogP contribution is 2.17. The van der Waals surface area contributed by atoms with E-state index < -0.39 is 4.92 Å². The second-order valence-corrected chi connectivity index (χ2v) is 4.76. The first-order valence-electron chi connectivity index (χ1n) is 6.50. The molecule has 0 saturated heterocycles. The summed E-state index contributed by atoms with van der Waals surface area (Å²) in [7, 11) is 0. The van der Waals surface area contributed by atoms with Crippen molar-refractivity contribution in [3.8, 4) is 0 Å². The zero-order valence-electron chi connectivity index (χ0n) is 11.7. The van der Waals surface area contributed by atoms with Crippen LogP contribution in [0.15, 0.2) is 29.8 Å². The van der Waals surface area contributed by atoms with E-state index in [0.717, 1.165) is 19.5 Å². The molecule has 0 bridgehead atoms. The van der Waals surface area contributed by atoms with Gasteiger partial charge in [-0.1, -0.05) is 11.6 Å². The lowest BCUT2D eigenvalue weighted by Gasteiger charge is -2.15. The van der Waals surface area contributed by atoms with Gasteiger partial charge in [0.05, 0.1) is 4.92 Å². The van der Waals surface area contributed by atoms with Crippen molar-refractivity contribution in [2.75, 3.05) is 19.6 Å². The molecule has 2 rings (SSSR count). The molecule has 1 amide bonds. The molecule has 0 atom stereocenters. The van der Waals surface area contributed by atoms with Gasteiger partial charge in [0.2, 0.25) is 0 Å². The molecule has 114 valence electrons. The van der Waals surface area contributed by atoms with Gasteiger partial charge >= 0.3 is 0 Å². The minimum atomic E-state index is -0.464. The van der Waals surface area contributed by atoms with Crippen LogP contribution >= 0.6 is 12.4 Å². The number of halogens is 1. The molecule has 7 heteroatoms. The molecule has 1 aromatic carbocycles. The van der Waals surface area contributed by atoms with Crippen LogP contribution in [-0.4, -0.2) is 30.5 Å². The van der Waals surface area contributed by atoms with Crippen LogP contribution in [-0.2, 0) is 0 Å². The summed E-state index contributed by atoms with van der Waals surface area (Å²) in [6, 6.07) is 4.27. The summed E-state index contributed by atoms with van der Waals surface area (Å²) in [5, 5.41) is 16.7. The molecule has 6 nitrogen and oxygen atoms in total. The van der Waals surface area contributed by atoms with Crippen LogP contribution in [0.25, 0.3) is 0 Å². The minimum absolute atomic E-state index is 0. The zero-order valence-corrected chi connectivity index (χ0v) is 12.5. The van der Waals surface area contributed by atoms with E-state index in [1.165, 1.54) is 23.8 Å². The van der Waals surface area contributed by atoms with E-state index in [4.69, 9.17) is 0 Å². The molecule has 0 radical (unpaired) electrons. The number of carbonyl (C=O) groups is 1. The van der Waals surface area contributed by atoms with Gasteiger partial charge in [0.25, 0.3) is 11.6 Å². The van der Waals surface area contributed by atoms with Crippen molar-refractivity contribution in [2.24, 2.45) is 0 Å². The van der Waals surface area contributed by atoms with E-state index in [2.05, 4.69) is 16.7 Å². The Labute approximate surface area is 129 Å². The number of amides is 1. The van der Waals surface area contributed by atoms with Gasteiger partial charge in [0, 0.05) is 30.8 Å². The average Bonchev–Trinajstić information content (AvgIpc) is 2.45. The maximum atomic E-state index is 12.1. The Hall–Kier alpha value is -1.92. The van der Waals surface area contributed by atoms with Crippen molar-refractivity contribution < 1.29 is 9.72 Å². The number of hydrogen-bond acceptors (Lipinski definition) is 4. The Balaban J connectivity index is 0.00000220. The van der Waals surface area contributed by atoms with Crippen molar-refractivity contribution in [3.05, 3.63) is 51.1 Å². The van der Waals surface area contributed by atoms with Gasteiger partial charge in [0.15, 0.2) is 0 Å². The standard InChI is InChI=1S/C14H17N3O3.ClH/c1-10-8-12(17(19)20)2-3-13(10)14(18)16-9-11-4-6-15-7-5-11;/h2-4,8,15H,5-7,9H2,1H3,(H,16,18);1H. The number of nitrogens with one attached hydrogen (secondary N) is 2.